The molecule has 0 atom stereocenters. The van der Waals surface area contributed by atoms with E-state index in [0.717, 1.165) is 32.4 Å². The Labute approximate surface area is 147 Å². The lowest BCUT2D eigenvalue weighted by Gasteiger charge is -2.15. The molecule has 0 spiro atoms. The molecule has 0 aromatic rings. The van der Waals surface area contributed by atoms with Gasteiger partial charge in [-0.25, -0.2) is 20.0 Å². The van der Waals surface area contributed by atoms with Gasteiger partial charge >= 0.3 is 0 Å². The Balaban J connectivity index is 1.47. The summed E-state index contributed by atoms with van der Waals surface area (Å²) in [6.45, 7) is 1.69. The lowest BCUT2D eigenvalue weighted by atomic mass is 9.96. The molecular formula is C20H34N4. The topological polar surface area (TPSA) is 49.4 Å². The number of hydrogen-bond acceptors (Lipinski definition) is 4. The molecule has 2 rings (SSSR count). The van der Waals surface area contributed by atoms with Crippen LogP contribution in [0.4, 0.5) is 0 Å². The van der Waals surface area contributed by atoms with Crippen molar-refractivity contribution in [2.24, 2.45) is 20.0 Å². The van der Waals surface area contributed by atoms with E-state index in [9.17, 15) is 0 Å². The third-order valence-electron chi connectivity index (χ3n) is 5.06. The van der Waals surface area contributed by atoms with Gasteiger partial charge < -0.3 is 0 Å². The van der Waals surface area contributed by atoms with Gasteiger partial charge in [0.25, 0.3) is 0 Å². The molecule has 0 aliphatic heterocycles. The summed E-state index contributed by atoms with van der Waals surface area (Å²) >= 11 is 0. The van der Waals surface area contributed by atoms with E-state index in [1.165, 1.54) is 70.6 Å². The maximum Gasteiger partial charge on any atom is 0.0895 e. The van der Waals surface area contributed by atoms with Crippen LogP contribution in [-0.4, -0.2) is 37.2 Å². The molecule has 0 aromatic heterocycles. The van der Waals surface area contributed by atoms with Crippen LogP contribution in [0.15, 0.2) is 20.0 Å². The Morgan fingerprint density at radius 3 is 1.42 bits per heavy atom. The van der Waals surface area contributed by atoms with Gasteiger partial charge in [-0.1, -0.05) is 44.9 Å². The van der Waals surface area contributed by atoms with E-state index in [1.807, 2.05) is 0 Å². The van der Waals surface area contributed by atoms with E-state index in [4.69, 9.17) is 0 Å². The first-order valence-corrected chi connectivity index (χ1v) is 10.2. The van der Waals surface area contributed by atoms with Crippen molar-refractivity contribution in [2.75, 3.05) is 13.1 Å². The zero-order valence-electron chi connectivity index (χ0n) is 15.3. The Bertz CT molecular complexity index is 431. The SMILES string of the molecule is C(=NCCCCCN=C=NC1CCCCC1)=NC1CCCCCC1. The van der Waals surface area contributed by atoms with Crippen molar-refractivity contribution >= 4 is 12.0 Å². The fourth-order valence-corrected chi connectivity index (χ4v) is 3.50. The lowest BCUT2D eigenvalue weighted by Crippen LogP contribution is -2.08. The van der Waals surface area contributed by atoms with Gasteiger partial charge in [0, 0.05) is 13.1 Å². The molecule has 134 valence electrons. The maximum absolute atomic E-state index is 4.49. The van der Waals surface area contributed by atoms with Gasteiger partial charge in [0.15, 0.2) is 0 Å². The van der Waals surface area contributed by atoms with Crippen molar-refractivity contribution < 1.29 is 0 Å². The zero-order valence-corrected chi connectivity index (χ0v) is 15.3. The van der Waals surface area contributed by atoms with Gasteiger partial charge in [-0.15, -0.1) is 0 Å². The summed E-state index contributed by atoms with van der Waals surface area (Å²) in [7, 11) is 0. The number of hydrogen-bond donors (Lipinski definition) is 0. The summed E-state index contributed by atoms with van der Waals surface area (Å²) in [4.78, 5) is 17.5. The Hall–Kier alpha value is -1.24. The molecule has 0 saturated heterocycles. The number of unbranched alkanes of at least 4 members (excludes halogenated alkanes) is 2. The quantitative estimate of drug-likeness (QED) is 0.318. The summed E-state index contributed by atoms with van der Waals surface area (Å²) in [5.74, 6) is 0. The molecule has 0 aromatic carbocycles. The molecule has 0 bridgehead atoms. The highest BCUT2D eigenvalue weighted by atomic mass is 14.8. The van der Waals surface area contributed by atoms with Crippen LogP contribution in [0.25, 0.3) is 0 Å². The van der Waals surface area contributed by atoms with Crippen LogP contribution < -0.4 is 0 Å². The van der Waals surface area contributed by atoms with Crippen molar-refractivity contribution in [2.45, 2.75) is 102 Å². The second kappa shape index (κ2) is 13.1. The van der Waals surface area contributed by atoms with Crippen molar-refractivity contribution in [3.05, 3.63) is 0 Å². The first-order valence-electron chi connectivity index (χ1n) is 10.2. The van der Waals surface area contributed by atoms with Gasteiger partial charge in [-0.05, 0) is 44.9 Å². The van der Waals surface area contributed by atoms with Gasteiger partial charge in [0.1, 0.15) is 0 Å². The van der Waals surface area contributed by atoms with Crippen LogP contribution in [0.5, 0.6) is 0 Å². The largest absolute Gasteiger partial charge is 0.226 e. The summed E-state index contributed by atoms with van der Waals surface area (Å²) in [6, 6.07) is 6.81. The average Bonchev–Trinajstić information content (AvgIpc) is 2.89. The highest BCUT2D eigenvalue weighted by Crippen LogP contribution is 2.20. The van der Waals surface area contributed by atoms with Crippen LogP contribution in [-0.2, 0) is 0 Å². The summed E-state index contributed by atoms with van der Waals surface area (Å²) < 4.78 is 0. The fraction of sp³-hybridized carbons (Fsp3) is 0.900. The molecule has 0 amide bonds. The zero-order chi connectivity index (χ0) is 16.7. The van der Waals surface area contributed by atoms with Crippen molar-refractivity contribution in [3.63, 3.8) is 0 Å². The van der Waals surface area contributed by atoms with Crippen molar-refractivity contribution in [1.82, 2.24) is 0 Å². The normalized spacial score (nSPS) is 19.7. The van der Waals surface area contributed by atoms with E-state index in [2.05, 4.69) is 32.0 Å². The molecule has 4 heteroatoms. The van der Waals surface area contributed by atoms with E-state index < -0.39 is 0 Å². The molecule has 0 N–H and O–H groups in total. The molecule has 0 unspecified atom stereocenters. The molecule has 4 nitrogen and oxygen atoms in total. The monoisotopic (exact) mass is 330 g/mol. The smallest absolute Gasteiger partial charge is 0.0895 e. The highest BCUT2D eigenvalue weighted by Gasteiger charge is 2.10. The van der Waals surface area contributed by atoms with E-state index in [-0.39, 0.29) is 0 Å². The summed E-state index contributed by atoms with van der Waals surface area (Å²) in [6.07, 6.45) is 17.7. The predicted octanol–water partition coefficient (Wildman–Crippen LogP) is 5.56. The van der Waals surface area contributed by atoms with E-state index in [1.54, 1.807) is 0 Å². The number of nitrogens with zero attached hydrogens (tertiary/aromatic N) is 4. The molecular weight excluding hydrogens is 296 g/mol. The molecule has 0 radical (unpaired) electrons. The molecule has 2 fully saturated rings. The van der Waals surface area contributed by atoms with Crippen molar-refractivity contribution in [3.8, 4) is 0 Å². The molecule has 0 heterocycles. The first kappa shape index (κ1) is 19.1. The van der Waals surface area contributed by atoms with Gasteiger partial charge in [-0.2, -0.15) is 0 Å². The molecule has 2 aliphatic carbocycles. The predicted molar refractivity (Wildman–Crippen MR) is 102 cm³/mol. The van der Waals surface area contributed by atoms with Crippen LogP contribution >= 0.6 is 0 Å². The first-order chi connectivity index (χ1) is 11.9. The lowest BCUT2D eigenvalue weighted by molar-refractivity contribution is 0.444. The fourth-order valence-electron chi connectivity index (χ4n) is 3.50. The Morgan fingerprint density at radius 1 is 0.542 bits per heavy atom. The standard InChI is InChI=1S/C20H34N4/c1-2-6-12-19(11-5-1)23-17-21-15-9-4-10-16-22-18-24-20-13-7-3-8-14-20/h19-20H,1-16H2. The van der Waals surface area contributed by atoms with Crippen LogP contribution in [0.3, 0.4) is 0 Å². The number of rotatable bonds is 8. The Morgan fingerprint density at radius 2 is 0.958 bits per heavy atom. The molecule has 2 saturated carbocycles. The maximum atomic E-state index is 4.49. The number of aliphatic imine (C=N–C) groups is 4. The van der Waals surface area contributed by atoms with E-state index >= 15 is 0 Å². The average molecular weight is 331 g/mol. The molecule has 2 aliphatic rings. The van der Waals surface area contributed by atoms with Crippen LogP contribution in [0.1, 0.15) is 89.9 Å². The van der Waals surface area contributed by atoms with Crippen LogP contribution in [0.2, 0.25) is 0 Å². The minimum absolute atomic E-state index is 0.481. The minimum atomic E-state index is 0.481. The third-order valence-corrected chi connectivity index (χ3v) is 5.06. The Kier molecular flexibility index (Phi) is 10.4. The van der Waals surface area contributed by atoms with Crippen LogP contribution in [0, 0.1) is 0 Å². The molecule has 24 heavy (non-hydrogen) atoms. The highest BCUT2D eigenvalue weighted by molar-refractivity contribution is 5.41. The van der Waals surface area contributed by atoms with E-state index in [0.29, 0.717) is 12.1 Å². The second-order valence-electron chi connectivity index (χ2n) is 7.22. The van der Waals surface area contributed by atoms with Gasteiger partial charge in [0.2, 0.25) is 0 Å². The third kappa shape index (κ3) is 9.15. The van der Waals surface area contributed by atoms with Crippen molar-refractivity contribution in [1.29, 1.82) is 0 Å². The summed E-state index contributed by atoms with van der Waals surface area (Å²) in [5.41, 5.74) is 0. The minimum Gasteiger partial charge on any atom is -0.226 e. The van der Waals surface area contributed by atoms with Gasteiger partial charge in [0.05, 0.1) is 24.1 Å². The second-order valence-corrected chi connectivity index (χ2v) is 7.22. The summed E-state index contributed by atoms with van der Waals surface area (Å²) in [5, 5.41) is 0. The van der Waals surface area contributed by atoms with Gasteiger partial charge in [-0.3, -0.25) is 0 Å².